The largest absolute Gasteiger partial charge is 0.298 e. The van der Waals surface area contributed by atoms with Crippen LogP contribution >= 0.6 is 15.9 Å². The molecule has 0 saturated heterocycles. The summed E-state index contributed by atoms with van der Waals surface area (Å²) in [6.07, 6.45) is 5.21. The van der Waals surface area contributed by atoms with Crippen LogP contribution in [0.2, 0.25) is 0 Å². The zero-order valence-electron chi connectivity index (χ0n) is 14.8. The number of benzene rings is 1. The first kappa shape index (κ1) is 16.1. The van der Waals surface area contributed by atoms with E-state index < -0.39 is 0 Å². The van der Waals surface area contributed by atoms with Crippen LogP contribution < -0.4 is 0 Å². The molecular weight excluding hydrogens is 404 g/mol. The normalized spacial score (nSPS) is 11.5. The van der Waals surface area contributed by atoms with Gasteiger partial charge in [-0.25, -0.2) is 14.5 Å². The Morgan fingerprint density at radius 3 is 2.41 bits per heavy atom. The molecule has 0 saturated carbocycles. The Bertz CT molecular complexity index is 1290. The summed E-state index contributed by atoms with van der Waals surface area (Å²) < 4.78 is 4.96. The molecule has 1 aromatic carbocycles. The monoisotopic (exact) mass is 418 g/mol. The SMILES string of the molecule is Cc1c(C)n(-c2ccc(Br)cc2)c2ncn3nc(-c4ccncc4)nc3c12. The van der Waals surface area contributed by atoms with Gasteiger partial charge in [-0.1, -0.05) is 15.9 Å². The molecule has 132 valence electrons. The van der Waals surface area contributed by atoms with Crippen molar-refractivity contribution in [2.75, 3.05) is 0 Å². The van der Waals surface area contributed by atoms with E-state index in [1.54, 1.807) is 23.2 Å². The minimum atomic E-state index is 0.667. The predicted molar refractivity (Wildman–Crippen MR) is 108 cm³/mol. The minimum Gasteiger partial charge on any atom is -0.298 e. The van der Waals surface area contributed by atoms with E-state index in [9.17, 15) is 0 Å². The molecule has 0 atom stereocenters. The number of halogens is 1. The van der Waals surface area contributed by atoms with Crippen LogP contribution in [0.5, 0.6) is 0 Å². The molecule has 5 aromatic rings. The van der Waals surface area contributed by atoms with Gasteiger partial charge in [0.2, 0.25) is 0 Å². The molecule has 0 fully saturated rings. The number of pyridine rings is 1. The van der Waals surface area contributed by atoms with Crippen LogP contribution in [0.25, 0.3) is 33.8 Å². The van der Waals surface area contributed by atoms with Crippen molar-refractivity contribution in [2.45, 2.75) is 13.8 Å². The minimum absolute atomic E-state index is 0.667. The first-order valence-corrected chi connectivity index (χ1v) is 9.32. The average Bonchev–Trinajstić information content (AvgIpc) is 3.23. The second-order valence-electron chi connectivity index (χ2n) is 6.40. The van der Waals surface area contributed by atoms with E-state index in [1.165, 1.54) is 0 Å². The molecule has 0 aliphatic rings. The number of aryl methyl sites for hydroxylation is 1. The van der Waals surface area contributed by atoms with Crippen LogP contribution in [0.1, 0.15) is 11.3 Å². The van der Waals surface area contributed by atoms with Crippen molar-refractivity contribution >= 4 is 32.6 Å². The first-order chi connectivity index (χ1) is 13.1. The van der Waals surface area contributed by atoms with E-state index in [1.807, 2.05) is 24.3 Å². The third-order valence-electron chi connectivity index (χ3n) is 4.86. The van der Waals surface area contributed by atoms with Crippen molar-refractivity contribution in [1.29, 1.82) is 0 Å². The zero-order chi connectivity index (χ0) is 18.5. The number of aromatic nitrogens is 6. The Kier molecular flexibility index (Phi) is 3.58. The highest BCUT2D eigenvalue weighted by molar-refractivity contribution is 9.10. The van der Waals surface area contributed by atoms with Crippen LogP contribution in [0.3, 0.4) is 0 Å². The van der Waals surface area contributed by atoms with E-state index in [2.05, 4.69) is 56.6 Å². The lowest BCUT2D eigenvalue weighted by Gasteiger charge is -2.07. The van der Waals surface area contributed by atoms with Crippen molar-refractivity contribution in [1.82, 2.24) is 29.1 Å². The molecule has 0 N–H and O–H groups in total. The molecule has 0 bridgehead atoms. The second kappa shape index (κ2) is 5.99. The smallest absolute Gasteiger partial charge is 0.182 e. The van der Waals surface area contributed by atoms with Gasteiger partial charge in [0, 0.05) is 33.8 Å². The van der Waals surface area contributed by atoms with E-state index in [0.717, 1.165) is 43.7 Å². The summed E-state index contributed by atoms with van der Waals surface area (Å²) in [6.45, 7) is 4.21. The fourth-order valence-corrected chi connectivity index (χ4v) is 3.65. The van der Waals surface area contributed by atoms with Gasteiger partial charge in [-0.2, -0.15) is 0 Å². The van der Waals surface area contributed by atoms with Crippen LogP contribution in [0.4, 0.5) is 0 Å². The summed E-state index contributed by atoms with van der Waals surface area (Å²) in [5.41, 5.74) is 5.99. The highest BCUT2D eigenvalue weighted by Gasteiger charge is 2.19. The van der Waals surface area contributed by atoms with Gasteiger partial charge in [-0.15, -0.1) is 5.10 Å². The first-order valence-electron chi connectivity index (χ1n) is 8.53. The lowest BCUT2D eigenvalue weighted by molar-refractivity contribution is 0.926. The van der Waals surface area contributed by atoms with Crippen LogP contribution in [0, 0.1) is 13.8 Å². The van der Waals surface area contributed by atoms with Crippen molar-refractivity contribution in [3.63, 3.8) is 0 Å². The Labute approximate surface area is 163 Å². The van der Waals surface area contributed by atoms with E-state index >= 15 is 0 Å². The maximum atomic E-state index is 4.80. The molecule has 6 nitrogen and oxygen atoms in total. The van der Waals surface area contributed by atoms with E-state index in [-0.39, 0.29) is 0 Å². The second-order valence-corrected chi connectivity index (χ2v) is 7.32. The Hall–Kier alpha value is -3.06. The van der Waals surface area contributed by atoms with Crippen molar-refractivity contribution in [3.05, 3.63) is 70.8 Å². The molecule has 27 heavy (non-hydrogen) atoms. The topological polar surface area (TPSA) is 60.9 Å². The Balaban J connectivity index is 1.80. The van der Waals surface area contributed by atoms with Gasteiger partial charge < -0.3 is 0 Å². The van der Waals surface area contributed by atoms with Gasteiger partial charge in [0.25, 0.3) is 0 Å². The average molecular weight is 419 g/mol. The van der Waals surface area contributed by atoms with Gasteiger partial charge >= 0.3 is 0 Å². The molecular formula is C20H15BrN6. The number of hydrogen-bond acceptors (Lipinski definition) is 4. The molecule has 4 aromatic heterocycles. The van der Waals surface area contributed by atoms with Crippen molar-refractivity contribution in [2.24, 2.45) is 0 Å². The van der Waals surface area contributed by atoms with Crippen LogP contribution in [0.15, 0.2) is 59.6 Å². The third kappa shape index (κ3) is 2.46. The van der Waals surface area contributed by atoms with Crippen molar-refractivity contribution < 1.29 is 0 Å². The van der Waals surface area contributed by atoms with E-state index in [0.29, 0.717) is 5.82 Å². The molecule has 7 heteroatoms. The zero-order valence-corrected chi connectivity index (χ0v) is 16.3. The third-order valence-corrected chi connectivity index (χ3v) is 5.38. The van der Waals surface area contributed by atoms with E-state index in [4.69, 9.17) is 9.97 Å². The lowest BCUT2D eigenvalue weighted by atomic mass is 10.2. The Morgan fingerprint density at radius 2 is 1.67 bits per heavy atom. The number of hydrogen-bond donors (Lipinski definition) is 0. The summed E-state index contributed by atoms with van der Waals surface area (Å²) >= 11 is 3.50. The maximum absolute atomic E-state index is 4.80. The standard InChI is InChI=1S/C20H15BrN6/c1-12-13(2)27(16-5-3-15(21)4-6-16)19-17(12)20-24-18(25-26(20)11-23-19)14-7-9-22-10-8-14/h3-11H,1-2H3. The quantitative estimate of drug-likeness (QED) is 0.423. The summed E-state index contributed by atoms with van der Waals surface area (Å²) in [4.78, 5) is 13.6. The number of fused-ring (bicyclic) bond motifs is 3. The van der Waals surface area contributed by atoms with Gasteiger partial charge in [0.15, 0.2) is 17.1 Å². The fraction of sp³-hybridized carbons (Fsp3) is 0.100. The molecule has 4 heterocycles. The van der Waals surface area contributed by atoms with Gasteiger partial charge in [0.05, 0.1) is 5.39 Å². The van der Waals surface area contributed by atoms with Crippen molar-refractivity contribution in [3.8, 4) is 17.1 Å². The maximum Gasteiger partial charge on any atom is 0.182 e. The van der Waals surface area contributed by atoms with Crippen LogP contribution in [-0.4, -0.2) is 29.1 Å². The summed E-state index contributed by atoms with van der Waals surface area (Å²) in [5.74, 6) is 0.667. The Morgan fingerprint density at radius 1 is 0.926 bits per heavy atom. The molecule has 0 radical (unpaired) electrons. The molecule has 5 rings (SSSR count). The molecule has 0 spiro atoms. The van der Waals surface area contributed by atoms with Gasteiger partial charge in [-0.05, 0) is 55.8 Å². The van der Waals surface area contributed by atoms with Gasteiger partial charge in [0.1, 0.15) is 6.33 Å². The molecule has 0 amide bonds. The lowest BCUT2D eigenvalue weighted by Crippen LogP contribution is -1.99. The predicted octanol–water partition coefficient (Wildman–Crippen LogP) is 4.51. The van der Waals surface area contributed by atoms with Gasteiger partial charge in [-0.3, -0.25) is 9.55 Å². The molecule has 0 aliphatic heterocycles. The molecule has 0 aliphatic carbocycles. The fourth-order valence-electron chi connectivity index (χ4n) is 3.39. The highest BCUT2D eigenvalue weighted by Crippen LogP contribution is 2.30. The summed E-state index contributed by atoms with van der Waals surface area (Å²) in [5, 5.41) is 5.62. The van der Waals surface area contributed by atoms with Crippen LogP contribution in [-0.2, 0) is 0 Å². The number of nitrogens with zero attached hydrogens (tertiary/aromatic N) is 6. The molecule has 0 unspecified atom stereocenters. The highest BCUT2D eigenvalue weighted by atomic mass is 79.9. The summed E-state index contributed by atoms with van der Waals surface area (Å²) in [7, 11) is 0. The number of rotatable bonds is 2. The summed E-state index contributed by atoms with van der Waals surface area (Å²) in [6, 6.07) is 12.0.